The summed E-state index contributed by atoms with van der Waals surface area (Å²) >= 11 is 0. The van der Waals surface area contributed by atoms with E-state index in [-0.39, 0.29) is 11.5 Å². The Bertz CT molecular complexity index is 649. The summed E-state index contributed by atoms with van der Waals surface area (Å²) in [6.07, 6.45) is -0.469. The van der Waals surface area contributed by atoms with E-state index in [1.807, 2.05) is 0 Å². The summed E-state index contributed by atoms with van der Waals surface area (Å²) in [5.74, 6) is -2.11. The molecule has 1 amide bonds. The lowest BCUT2D eigenvalue weighted by atomic mass is 10.0. The fourth-order valence-electron chi connectivity index (χ4n) is 2.14. The molecule has 5 N–H and O–H groups in total. The van der Waals surface area contributed by atoms with Crippen LogP contribution in [0.25, 0.3) is 0 Å². The number of carbonyl (C=O) groups is 2. The van der Waals surface area contributed by atoms with Gasteiger partial charge in [0, 0.05) is 0 Å². The van der Waals surface area contributed by atoms with Crippen molar-refractivity contribution in [3.8, 4) is 0 Å². The first kappa shape index (κ1) is 21.3. The number of hydrogen-bond donors (Lipinski definition) is 5. The van der Waals surface area contributed by atoms with E-state index in [0.29, 0.717) is 5.56 Å². The van der Waals surface area contributed by atoms with E-state index in [4.69, 9.17) is 5.11 Å². The number of carboxylic acids is 1. The largest absolute Gasteiger partial charge is 0.481 e. The second kappa shape index (κ2) is 8.55. The number of carboxylic acid groups (broad SMARTS) is 1. The molecule has 0 fully saturated rings. The maximum absolute atomic E-state index is 12.2. The molecule has 0 aliphatic heterocycles. The predicted octanol–water partition coefficient (Wildman–Crippen LogP) is 1.31. The average molecular weight is 374 g/mol. The van der Waals surface area contributed by atoms with Gasteiger partial charge in [-0.25, -0.2) is 5.06 Å². The first-order valence-corrected chi connectivity index (χ1v) is 9.21. The zero-order chi connectivity index (χ0) is 19.3. The third-order valence-corrected chi connectivity index (χ3v) is 5.82. The van der Waals surface area contributed by atoms with Crippen molar-refractivity contribution in [1.82, 2.24) is 10.4 Å². The fourth-order valence-corrected chi connectivity index (χ4v) is 2.84. The van der Waals surface area contributed by atoms with Gasteiger partial charge in [0.2, 0.25) is 0 Å². The van der Waals surface area contributed by atoms with E-state index in [0.717, 1.165) is 0 Å². The smallest absolute Gasteiger partial charge is 0.345 e. The van der Waals surface area contributed by atoms with Crippen LogP contribution in [0.2, 0.25) is 0 Å². The number of benzene rings is 1. The van der Waals surface area contributed by atoms with Gasteiger partial charge in [0.1, 0.15) is 5.28 Å². The van der Waals surface area contributed by atoms with Crippen LogP contribution in [0.15, 0.2) is 30.3 Å². The van der Waals surface area contributed by atoms with Crippen LogP contribution in [0.3, 0.4) is 0 Å². The zero-order valence-corrected chi connectivity index (χ0v) is 14.9. The highest BCUT2D eigenvalue weighted by molar-refractivity contribution is 7.53. The molecule has 0 aromatic heterocycles. The number of aliphatic carboxylic acids is 1. The molecule has 0 aliphatic carbocycles. The Hall–Kier alpha value is -1.77. The predicted molar refractivity (Wildman–Crippen MR) is 88.8 cm³/mol. The van der Waals surface area contributed by atoms with Crippen LogP contribution in [0.5, 0.6) is 0 Å². The van der Waals surface area contributed by atoms with Crippen LogP contribution in [-0.2, 0) is 14.2 Å². The normalized spacial score (nSPS) is 15.2. The van der Waals surface area contributed by atoms with E-state index in [1.54, 1.807) is 37.3 Å². The molecule has 1 aromatic rings. The summed E-state index contributed by atoms with van der Waals surface area (Å²) in [7, 11) is -4.54. The highest BCUT2D eigenvalue weighted by atomic mass is 31.2. The molecule has 0 heterocycles. The average Bonchev–Trinajstić information content (AvgIpc) is 2.56. The van der Waals surface area contributed by atoms with Gasteiger partial charge in [-0.2, -0.15) is 0 Å². The SMILES string of the molecule is CCC(C)(NCC(=O)N(O)C(CC(=O)O)c1ccccc1)P(=O)(O)O. The Kier molecular flexibility index (Phi) is 7.28. The van der Waals surface area contributed by atoms with Crippen LogP contribution in [0, 0.1) is 0 Å². The minimum atomic E-state index is -4.54. The lowest BCUT2D eigenvalue weighted by Crippen LogP contribution is -2.47. The Balaban J connectivity index is 2.91. The summed E-state index contributed by atoms with van der Waals surface area (Å²) in [4.78, 5) is 42.0. The molecule has 2 atom stereocenters. The van der Waals surface area contributed by atoms with E-state index in [1.165, 1.54) is 6.92 Å². The van der Waals surface area contributed by atoms with Gasteiger partial charge in [-0.05, 0) is 18.9 Å². The van der Waals surface area contributed by atoms with Gasteiger partial charge in [0.05, 0.1) is 19.0 Å². The van der Waals surface area contributed by atoms with E-state index < -0.39 is 43.8 Å². The van der Waals surface area contributed by atoms with Gasteiger partial charge in [-0.15, -0.1) is 0 Å². The molecule has 2 unspecified atom stereocenters. The number of carbonyl (C=O) groups excluding carboxylic acids is 1. The van der Waals surface area contributed by atoms with E-state index >= 15 is 0 Å². The molecule has 0 bridgehead atoms. The van der Waals surface area contributed by atoms with E-state index in [9.17, 15) is 29.1 Å². The van der Waals surface area contributed by atoms with E-state index in [2.05, 4.69) is 5.32 Å². The third kappa shape index (κ3) is 5.62. The van der Waals surface area contributed by atoms with Gasteiger partial charge < -0.3 is 14.9 Å². The molecular weight excluding hydrogens is 351 g/mol. The van der Waals surface area contributed by atoms with Crippen molar-refractivity contribution in [3.05, 3.63) is 35.9 Å². The monoisotopic (exact) mass is 374 g/mol. The maximum Gasteiger partial charge on any atom is 0.345 e. The van der Waals surface area contributed by atoms with Crippen molar-refractivity contribution < 1.29 is 34.3 Å². The molecular formula is C15H23N2O7P. The zero-order valence-electron chi connectivity index (χ0n) is 14.0. The van der Waals surface area contributed by atoms with Crippen LogP contribution in [0.4, 0.5) is 0 Å². The standard InChI is InChI=1S/C15H23N2O7P/c1-3-15(2,25(22,23)24)16-10-13(18)17(21)12(9-14(19)20)11-7-5-4-6-8-11/h4-8,12,16,21H,3,9-10H2,1-2H3,(H,19,20)(H2,22,23,24). The Labute approximate surface area is 145 Å². The second-order valence-corrected chi connectivity index (χ2v) is 7.86. The van der Waals surface area contributed by atoms with Crippen molar-refractivity contribution in [2.45, 2.75) is 38.0 Å². The number of nitrogens with one attached hydrogen (secondary N) is 1. The molecule has 0 saturated heterocycles. The summed E-state index contributed by atoms with van der Waals surface area (Å²) in [6, 6.07) is 7.02. The van der Waals surface area contributed by atoms with Crippen molar-refractivity contribution in [3.63, 3.8) is 0 Å². The number of rotatable bonds is 9. The lowest BCUT2D eigenvalue weighted by molar-refractivity contribution is -0.178. The first-order chi connectivity index (χ1) is 11.5. The minimum absolute atomic E-state index is 0.0488. The van der Waals surface area contributed by atoms with Gasteiger partial charge in [-0.1, -0.05) is 37.3 Å². The Morgan fingerprint density at radius 2 is 1.84 bits per heavy atom. The number of hydroxylamine groups is 2. The van der Waals surface area contributed by atoms with Crippen LogP contribution >= 0.6 is 7.60 Å². The fraction of sp³-hybridized carbons (Fsp3) is 0.467. The molecule has 9 nitrogen and oxygen atoms in total. The van der Waals surface area contributed by atoms with Gasteiger partial charge in [0.15, 0.2) is 0 Å². The highest BCUT2D eigenvalue weighted by Gasteiger charge is 2.41. The molecule has 0 spiro atoms. The second-order valence-electron chi connectivity index (χ2n) is 5.79. The topological polar surface area (TPSA) is 147 Å². The van der Waals surface area contributed by atoms with Crippen molar-refractivity contribution in [1.29, 1.82) is 0 Å². The van der Waals surface area contributed by atoms with Crippen molar-refractivity contribution in [2.24, 2.45) is 0 Å². The van der Waals surface area contributed by atoms with Gasteiger partial charge in [0.25, 0.3) is 5.91 Å². The summed E-state index contributed by atoms with van der Waals surface area (Å²) in [6.45, 7) is 2.26. The van der Waals surface area contributed by atoms with Crippen molar-refractivity contribution in [2.75, 3.05) is 6.54 Å². The molecule has 140 valence electrons. The number of amides is 1. The summed E-state index contributed by atoms with van der Waals surface area (Å²) in [5, 5.41) is 20.3. The van der Waals surface area contributed by atoms with Crippen molar-refractivity contribution >= 4 is 19.5 Å². The molecule has 0 radical (unpaired) electrons. The molecule has 25 heavy (non-hydrogen) atoms. The molecule has 0 saturated carbocycles. The van der Waals surface area contributed by atoms with Crippen LogP contribution < -0.4 is 5.32 Å². The minimum Gasteiger partial charge on any atom is -0.481 e. The van der Waals surface area contributed by atoms with Gasteiger partial charge >= 0.3 is 13.6 Å². The molecule has 10 heteroatoms. The molecule has 0 aliphatic rings. The Morgan fingerprint density at radius 1 is 1.28 bits per heavy atom. The number of hydrogen-bond acceptors (Lipinski definition) is 5. The summed E-state index contributed by atoms with van der Waals surface area (Å²) in [5.41, 5.74) is 0.425. The third-order valence-electron chi connectivity index (χ3n) is 4.05. The Morgan fingerprint density at radius 3 is 2.28 bits per heavy atom. The first-order valence-electron chi connectivity index (χ1n) is 7.60. The molecule has 1 aromatic carbocycles. The lowest BCUT2D eigenvalue weighted by Gasteiger charge is -2.31. The molecule has 1 rings (SSSR count). The van der Waals surface area contributed by atoms with Crippen LogP contribution in [-0.4, -0.2) is 48.9 Å². The van der Waals surface area contributed by atoms with Gasteiger partial charge in [-0.3, -0.25) is 24.7 Å². The number of nitrogens with zero attached hydrogens (tertiary/aromatic N) is 1. The van der Waals surface area contributed by atoms with Crippen LogP contribution in [0.1, 0.15) is 38.3 Å². The quantitative estimate of drug-likeness (QED) is 0.247. The highest BCUT2D eigenvalue weighted by Crippen LogP contribution is 2.50. The summed E-state index contributed by atoms with van der Waals surface area (Å²) < 4.78 is 11.5. The maximum atomic E-state index is 12.2.